The molecule has 1 nitrogen and oxygen atoms in total. The van der Waals surface area contributed by atoms with E-state index in [9.17, 15) is 0 Å². The van der Waals surface area contributed by atoms with E-state index in [-0.39, 0.29) is 0 Å². The summed E-state index contributed by atoms with van der Waals surface area (Å²) in [5.74, 6) is 6.37. The molecule has 1 heteroatoms. The van der Waals surface area contributed by atoms with Gasteiger partial charge in [0.1, 0.15) is 0 Å². The molecule has 1 aliphatic heterocycles. The molecule has 0 spiro atoms. The summed E-state index contributed by atoms with van der Waals surface area (Å²) in [6.07, 6.45) is 12.2. The van der Waals surface area contributed by atoms with E-state index in [0.29, 0.717) is 0 Å². The summed E-state index contributed by atoms with van der Waals surface area (Å²) in [6.45, 7) is 2.15. The van der Waals surface area contributed by atoms with Crippen molar-refractivity contribution in [3.05, 3.63) is 0 Å². The minimum absolute atomic E-state index is 0.948. The first-order chi connectivity index (χ1) is 8.43. The average molecular weight is 234 g/mol. The van der Waals surface area contributed by atoms with Crippen LogP contribution in [0.3, 0.4) is 0 Å². The van der Waals surface area contributed by atoms with Crippen molar-refractivity contribution in [1.29, 1.82) is 0 Å². The van der Waals surface area contributed by atoms with E-state index in [1.807, 2.05) is 0 Å². The minimum atomic E-state index is 0.948. The van der Waals surface area contributed by atoms with Crippen molar-refractivity contribution >= 4 is 0 Å². The molecule has 3 saturated carbocycles. The van der Waals surface area contributed by atoms with Crippen LogP contribution in [0.25, 0.3) is 0 Å². The topological polar surface area (TPSA) is 9.23 Å². The fraction of sp³-hybridized carbons (Fsp3) is 1.00. The first-order valence-corrected chi connectivity index (χ1v) is 8.01. The van der Waals surface area contributed by atoms with Crippen LogP contribution >= 0.6 is 0 Å². The standard InChI is InChI=1S/C16H26O/c1-2-11-4-7-15-14(13(11)3-1)6-5-12-8-9-17-10-16(12)15/h11-16H,1-10H2. The highest BCUT2D eigenvalue weighted by Gasteiger charge is 2.48. The van der Waals surface area contributed by atoms with Crippen molar-refractivity contribution in [2.75, 3.05) is 13.2 Å². The van der Waals surface area contributed by atoms with Crippen LogP contribution in [0.4, 0.5) is 0 Å². The van der Waals surface area contributed by atoms with E-state index >= 15 is 0 Å². The summed E-state index contributed by atoms with van der Waals surface area (Å²) < 4.78 is 5.80. The second kappa shape index (κ2) is 4.26. The number of rotatable bonds is 0. The quantitative estimate of drug-likeness (QED) is 0.618. The molecule has 0 radical (unpaired) electrons. The Morgan fingerprint density at radius 1 is 0.588 bits per heavy atom. The lowest BCUT2D eigenvalue weighted by molar-refractivity contribution is -0.0794. The maximum Gasteiger partial charge on any atom is 0.0499 e. The van der Waals surface area contributed by atoms with Gasteiger partial charge < -0.3 is 4.74 Å². The van der Waals surface area contributed by atoms with Crippen molar-refractivity contribution in [3.8, 4) is 0 Å². The molecular weight excluding hydrogens is 208 g/mol. The van der Waals surface area contributed by atoms with Gasteiger partial charge in [-0.25, -0.2) is 0 Å². The smallest absolute Gasteiger partial charge is 0.0499 e. The zero-order valence-electron chi connectivity index (χ0n) is 10.9. The molecule has 1 heterocycles. The van der Waals surface area contributed by atoms with Crippen LogP contribution in [0, 0.1) is 35.5 Å². The third-order valence-electron chi connectivity index (χ3n) is 6.66. The predicted octanol–water partition coefficient (Wildman–Crippen LogP) is 3.88. The van der Waals surface area contributed by atoms with Gasteiger partial charge in [-0.2, -0.15) is 0 Å². The molecule has 17 heavy (non-hydrogen) atoms. The molecule has 4 fully saturated rings. The van der Waals surface area contributed by atoms with Crippen LogP contribution in [-0.4, -0.2) is 13.2 Å². The Morgan fingerprint density at radius 2 is 1.35 bits per heavy atom. The lowest BCUT2D eigenvalue weighted by Crippen LogP contribution is -2.46. The van der Waals surface area contributed by atoms with Crippen molar-refractivity contribution < 1.29 is 4.74 Å². The van der Waals surface area contributed by atoms with Gasteiger partial charge in [0.2, 0.25) is 0 Å². The van der Waals surface area contributed by atoms with Crippen LogP contribution in [0.2, 0.25) is 0 Å². The third kappa shape index (κ3) is 1.69. The molecule has 0 aromatic carbocycles. The van der Waals surface area contributed by atoms with Crippen LogP contribution in [0.15, 0.2) is 0 Å². The first kappa shape index (κ1) is 10.8. The largest absolute Gasteiger partial charge is 0.381 e. The molecular formula is C16H26O. The molecule has 3 aliphatic carbocycles. The van der Waals surface area contributed by atoms with Gasteiger partial charge >= 0.3 is 0 Å². The highest BCUT2D eigenvalue weighted by atomic mass is 16.5. The molecule has 6 unspecified atom stereocenters. The van der Waals surface area contributed by atoms with Gasteiger partial charge in [-0.15, -0.1) is 0 Å². The molecule has 0 aromatic rings. The molecule has 4 rings (SSSR count). The second-order valence-corrected chi connectivity index (χ2v) is 7.12. The normalized spacial score (nSPS) is 53.6. The van der Waals surface area contributed by atoms with Crippen molar-refractivity contribution in [1.82, 2.24) is 0 Å². The van der Waals surface area contributed by atoms with Crippen molar-refractivity contribution in [2.45, 2.75) is 51.4 Å². The number of hydrogen-bond donors (Lipinski definition) is 0. The van der Waals surface area contributed by atoms with Gasteiger partial charge in [0.05, 0.1) is 0 Å². The van der Waals surface area contributed by atoms with Crippen LogP contribution in [-0.2, 0) is 4.74 Å². The Bertz CT molecular complexity index is 287. The molecule has 0 bridgehead atoms. The van der Waals surface area contributed by atoms with Gasteiger partial charge in [-0.1, -0.05) is 12.8 Å². The SMILES string of the molecule is C1CC2CCC3C4COCCC4CCC3C2C1. The van der Waals surface area contributed by atoms with Gasteiger partial charge in [0.15, 0.2) is 0 Å². The molecule has 1 saturated heterocycles. The Hall–Kier alpha value is -0.0400. The van der Waals surface area contributed by atoms with Crippen molar-refractivity contribution in [2.24, 2.45) is 35.5 Å². The number of ether oxygens (including phenoxy) is 1. The number of hydrogen-bond acceptors (Lipinski definition) is 1. The van der Waals surface area contributed by atoms with Gasteiger partial charge in [0.25, 0.3) is 0 Å². The van der Waals surface area contributed by atoms with E-state index < -0.39 is 0 Å². The molecule has 0 N–H and O–H groups in total. The fourth-order valence-corrected chi connectivity index (χ4v) is 5.93. The summed E-state index contributed by atoms with van der Waals surface area (Å²) in [4.78, 5) is 0. The van der Waals surface area contributed by atoms with E-state index in [2.05, 4.69) is 0 Å². The Balaban J connectivity index is 1.56. The highest BCUT2D eigenvalue weighted by Crippen LogP contribution is 2.56. The monoisotopic (exact) mass is 234 g/mol. The minimum Gasteiger partial charge on any atom is -0.381 e. The van der Waals surface area contributed by atoms with E-state index in [1.54, 1.807) is 25.7 Å². The first-order valence-electron chi connectivity index (χ1n) is 8.01. The molecule has 96 valence electrons. The molecule has 6 atom stereocenters. The molecule has 0 aromatic heterocycles. The predicted molar refractivity (Wildman–Crippen MR) is 68.7 cm³/mol. The van der Waals surface area contributed by atoms with Gasteiger partial charge in [-0.05, 0) is 74.0 Å². The van der Waals surface area contributed by atoms with Crippen LogP contribution in [0.1, 0.15) is 51.4 Å². The summed E-state index contributed by atoms with van der Waals surface area (Å²) >= 11 is 0. The maximum absolute atomic E-state index is 5.80. The summed E-state index contributed by atoms with van der Waals surface area (Å²) in [5, 5.41) is 0. The molecule has 0 amide bonds. The van der Waals surface area contributed by atoms with Crippen molar-refractivity contribution in [3.63, 3.8) is 0 Å². The van der Waals surface area contributed by atoms with Crippen LogP contribution < -0.4 is 0 Å². The summed E-state index contributed by atoms with van der Waals surface area (Å²) in [6, 6.07) is 0. The second-order valence-electron chi connectivity index (χ2n) is 7.12. The van der Waals surface area contributed by atoms with E-state index in [0.717, 1.165) is 48.7 Å². The summed E-state index contributed by atoms with van der Waals surface area (Å²) in [7, 11) is 0. The van der Waals surface area contributed by atoms with E-state index in [4.69, 9.17) is 4.74 Å². The number of fused-ring (bicyclic) bond motifs is 5. The highest BCUT2D eigenvalue weighted by molar-refractivity contribution is 4.98. The zero-order valence-corrected chi connectivity index (χ0v) is 10.9. The van der Waals surface area contributed by atoms with Gasteiger partial charge in [-0.3, -0.25) is 0 Å². The summed E-state index contributed by atoms with van der Waals surface area (Å²) in [5.41, 5.74) is 0. The Labute approximate surface area is 105 Å². The Kier molecular flexibility index (Phi) is 2.72. The third-order valence-corrected chi connectivity index (χ3v) is 6.66. The van der Waals surface area contributed by atoms with Crippen LogP contribution in [0.5, 0.6) is 0 Å². The van der Waals surface area contributed by atoms with Gasteiger partial charge in [0, 0.05) is 13.2 Å². The average Bonchev–Trinajstić information content (AvgIpc) is 2.86. The maximum atomic E-state index is 5.80. The van der Waals surface area contributed by atoms with E-state index in [1.165, 1.54) is 25.7 Å². The lowest BCUT2D eigenvalue weighted by atomic mass is 9.56. The lowest BCUT2D eigenvalue weighted by Gasteiger charge is -2.51. The fourth-order valence-electron chi connectivity index (χ4n) is 5.93. The Morgan fingerprint density at radius 3 is 2.24 bits per heavy atom. The zero-order chi connectivity index (χ0) is 11.2. The molecule has 4 aliphatic rings.